The number of anilines is 1. The summed E-state index contributed by atoms with van der Waals surface area (Å²) in [5.41, 5.74) is 1.68. The number of rotatable bonds is 7. The lowest BCUT2D eigenvalue weighted by molar-refractivity contribution is 0.0162. The number of hydrogen-bond donors (Lipinski definition) is 1. The number of amides is 1. The van der Waals surface area contributed by atoms with E-state index in [1.807, 2.05) is 37.2 Å². The maximum atomic E-state index is 12.9. The molecule has 1 unspecified atom stereocenters. The molecule has 2 aromatic rings. The van der Waals surface area contributed by atoms with E-state index in [0.717, 1.165) is 24.4 Å². The zero-order chi connectivity index (χ0) is 19.9. The summed E-state index contributed by atoms with van der Waals surface area (Å²) in [5.74, 6) is 1.34. The van der Waals surface area contributed by atoms with Crippen molar-refractivity contribution in [3.05, 3.63) is 53.7 Å². The zero-order valence-corrected chi connectivity index (χ0v) is 16.7. The highest BCUT2D eigenvalue weighted by atomic mass is 16.5. The van der Waals surface area contributed by atoms with Crippen LogP contribution in [0.4, 0.5) is 5.82 Å². The van der Waals surface area contributed by atoms with Gasteiger partial charge in [-0.3, -0.25) is 9.69 Å². The normalized spacial score (nSPS) is 15.7. The molecule has 1 N–H and O–H groups in total. The van der Waals surface area contributed by atoms with Gasteiger partial charge in [0.05, 0.1) is 31.9 Å². The van der Waals surface area contributed by atoms with Gasteiger partial charge in [0.25, 0.3) is 5.91 Å². The van der Waals surface area contributed by atoms with Crippen LogP contribution < -0.4 is 15.0 Å². The summed E-state index contributed by atoms with van der Waals surface area (Å²) in [7, 11) is 5.42. The lowest BCUT2D eigenvalue weighted by atomic mass is 10.0. The zero-order valence-electron chi connectivity index (χ0n) is 16.7. The third kappa shape index (κ3) is 4.79. The van der Waals surface area contributed by atoms with Crippen LogP contribution in [0.3, 0.4) is 0 Å². The third-order valence-corrected chi connectivity index (χ3v) is 4.88. The van der Waals surface area contributed by atoms with Gasteiger partial charge in [-0.2, -0.15) is 0 Å². The van der Waals surface area contributed by atoms with Crippen molar-refractivity contribution in [3.8, 4) is 5.75 Å². The van der Waals surface area contributed by atoms with Gasteiger partial charge in [0.15, 0.2) is 0 Å². The van der Waals surface area contributed by atoms with Crippen molar-refractivity contribution in [1.29, 1.82) is 0 Å². The molecule has 1 aliphatic heterocycles. The first-order chi connectivity index (χ1) is 13.6. The molecule has 7 heteroatoms. The Bertz CT molecular complexity index is 791. The number of hydrogen-bond acceptors (Lipinski definition) is 6. The molecule has 0 aliphatic carbocycles. The van der Waals surface area contributed by atoms with Crippen LogP contribution in [0, 0.1) is 0 Å². The molecule has 0 radical (unpaired) electrons. The van der Waals surface area contributed by atoms with E-state index in [1.54, 1.807) is 25.4 Å². The fourth-order valence-electron chi connectivity index (χ4n) is 3.41. The summed E-state index contributed by atoms with van der Waals surface area (Å²) < 4.78 is 10.9. The van der Waals surface area contributed by atoms with E-state index in [4.69, 9.17) is 9.47 Å². The Morgan fingerprint density at radius 3 is 2.79 bits per heavy atom. The smallest absolute Gasteiger partial charge is 0.255 e. The number of nitrogens with one attached hydrogen (secondary N) is 1. The Kier molecular flexibility index (Phi) is 6.84. The lowest BCUT2D eigenvalue weighted by Gasteiger charge is -2.35. The van der Waals surface area contributed by atoms with Gasteiger partial charge in [-0.25, -0.2) is 4.98 Å². The van der Waals surface area contributed by atoms with Crippen LogP contribution in [-0.4, -0.2) is 69.8 Å². The van der Waals surface area contributed by atoms with Crippen LogP contribution in [0.25, 0.3) is 0 Å². The average Bonchev–Trinajstić information content (AvgIpc) is 2.74. The molecular weight excluding hydrogens is 356 g/mol. The van der Waals surface area contributed by atoms with Gasteiger partial charge in [-0.05, 0) is 29.8 Å². The lowest BCUT2D eigenvalue weighted by Crippen LogP contribution is -2.44. The molecule has 2 heterocycles. The summed E-state index contributed by atoms with van der Waals surface area (Å²) in [5, 5.41) is 3.10. The van der Waals surface area contributed by atoms with E-state index in [-0.39, 0.29) is 11.9 Å². The fourth-order valence-corrected chi connectivity index (χ4v) is 3.41. The molecular formula is C21H28N4O3. The summed E-state index contributed by atoms with van der Waals surface area (Å²) in [6, 6.07) is 11.6. The first-order valence-electron chi connectivity index (χ1n) is 9.46. The van der Waals surface area contributed by atoms with Gasteiger partial charge in [-0.1, -0.05) is 12.1 Å². The molecule has 1 amide bonds. The first kappa shape index (κ1) is 20.1. The Hall–Kier alpha value is -2.64. The van der Waals surface area contributed by atoms with Gasteiger partial charge in [0.2, 0.25) is 0 Å². The minimum atomic E-state index is -0.127. The van der Waals surface area contributed by atoms with E-state index < -0.39 is 0 Å². The third-order valence-electron chi connectivity index (χ3n) is 4.88. The van der Waals surface area contributed by atoms with E-state index >= 15 is 0 Å². The van der Waals surface area contributed by atoms with Crippen LogP contribution in [0.15, 0.2) is 42.6 Å². The molecule has 1 aromatic carbocycles. The van der Waals surface area contributed by atoms with Crippen molar-refractivity contribution < 1.29 is 14.3 Å². The van der Waals surface area contributed by atoms with E-state index in [0.29, 0.717) is 31.1 Å². The van der Waals surface area contributed by atoms with E-state index in [9.17, 15) is 4.79 Å². The van der Waals surface area contributed by atoms with Crippen LogP contribution in [0.5, 0.6) is 5.75 Å². The van der Waals surface area contributed by atoms with E-state index in [2.05, 4.69) is 21.3 Å². The van der Waals surface area contributed by atoms with Gasteiger partial charge < -0.3 is 19.7 Å². The highest BCUT2D eigenvalue weighted by Gasteiger charge is 2.24. The number of benzene rings is 1. The number of pyridine rings is 1. The summed E-state index contributed by atoms with van der Waals surface area (Å²) >= 11 is 0. The molecule has 1 aromatic heterocycles. The molecule has 1 atom stereocenters. The monoisotopic (exact) mass is 384 g/mol. The second kappa shape index (κ2) is 9.52. The summed E-state index contributed by atoms with van der Waals surface area (Å²) in [4.78, 5) is 21.4. The minimum absolute atomic E-state index is 0.0439. The highest BCUT2D eigenvalue weighted by Crippen LogP contribution is 2.25. The van der Waals surface area contributed by atoms with Crippen LogP contribution in [-0.2, 0) is 4.74 Å². The minimum Gasteiger partial charge on any atom is -0.497 e. The molecule has 28 heavy (non-hydrogen) atoms. The largest absolute Gasteiger partial charge is 0.497 e. The second-order valence-electron chi connectivity index (χ2n) is 6.92. The Balaban J connectivity index is 1.79. The Morgan fingerprint density at radius 2 is 2.07 bits per heavy atom. The SMILES string of the molecule is COc1cccc(C(CNC(=O)c2cccnc2N(C)C)N2CCOCC2)c1. The van der Waals surface area contributed by atoms with Crippen LogP contribution >= 0.6 is 0 Å². The molecule has 0 bridgehead atoms. The summed E-state index contributed by atoms with van der Waals surface area (Å²) in [6.07, 6.45) is 1.69. The second-order valence-corrected chi connectivity index (χ2v) is 6.92. The topological polar surface area (TPSA) is 66.9 Å². The van der Waals surface area contributed by atoms with Crippen molar-refractivity contribution in [2.45, 2.75) is 6.04 Å². The predicted molar refractivity (Wildman–Crippen MR) is 109 cm³/mol. The van der Waals surface area contributed by atoms with Crippen molar-refractivity contribution >= 4 is 11.7 Å². The van der Waals surface area contributed by atoms with Crippen molar-refractivity contribution in [3.63, 3.8) is 0 Å². The number of aromatic nitrogens is 1. The standard InChI is InChI=1S/C21H28N4O3/c1-24(2)20-18(8-5-9-22-20)21(26)23-15-19(25-10-12-28-13-11-25)16-6-4-7-17(14-16)27-3/h4-9,14,19H,10-13,15H2,1-3H3,(H,23,26). The number of carbonyl (C=O) groups excluding carboxylic acids is 1. The maximum absolute atomic E-state index is 12.9. The van der Waals surface area contributed by atoms with Gasteiger partial charge >= 0.3 is 0 Å². The molecule has 3 rings (SSSR count). The number of carbonyl (C=O) groups is 1. The summed E-state index contributed by atoms with van der Waals surface area (Å²) in [6.45, 7) is 3.54. The van der Waals surface area contributed by atoms with Crippen molar-refractivity contribution in [2.75, 3.05) is 59.0 Å². The first-order valence-corrected chi connectivity index (χ1v) is 9.46. The molecule has 150 valence electrons. The number of methoxy groups -OCH3 is 1. The van der Waals surface area contributed by atoms with Gasteiger partial charge in [0, 0.05) is 39.9 Å². The molecule has 0 spiro atoms. The maximum Gasteiger partial charge on any atom is 0.255 e. The van der Waals surface area contributed by atoms with Crippen molar-refractivity contribution in [1.82, 2.24) is 15.2 Å². The quantitative estimate of drug-likeness (QED) is 0.787. The number of nitrogens with zero attached hydrogens (tertiary/aromatic N) is 3. The van der Waals surface area contributed by atoms with E-state index in [1.165, 1.54) is 0 Å². The van der Waals surface area contributed by atoms with Crippen LogP contribution in [0.2, 0.25) is 0 Å². The predicted octanol–water partition coefficient (Wildman–Crippen LogP) is 1.96. The van der Waals surface area contributed by atoms with Gasteiger partial charge in [0.1, 0.15) is 11.6 Å². The molecule has 0 saturated carbocycles. The number of morpholine rings is 1. The van der Waals surface area contributed by atoms with Crippen molar-refractivity contribution in [2.24, 2.45) is 0 Å². The Labute approximate surface area is 166 Å². The number of ether oxygens (including phenoxy) is 2. The average molecular weight is 384 g/mol. The van der Waals surface area contributed by atoms with Crippen LogP contribution in [0.1, 0.15) is 22.0 Å². The fraction of sp³-hybridized carbons (Fsp3) is 0.429. The molecule has 1 aliphatic rings. The van der Waals surface area contributed by atoms with Gasteiger partial charge in [-0.15, -0.1) is 0 Å². The highest BCUT2D eigenvalue weighted by molar-refractivity contribution is 5.98. The molecule has 7 nitrogen and oxygen atoms in total. The molecule has 1 fully saturated rings. The Morgan fingerprint density at radius 1 is 1.29 bits per heavy atom. The molecule has 1 saturated heterocycles.